The Labute approximate surface area is 126 Å². The van der Waals surface area contributed by atoms with Gasteiger partial charge >= 0.3 is 0 Å². The van der Waals surface area contributed by atoms with Crippen molar-refractivity contribution in [1.82, 2.24) is 5.32 Å². The van der Waals surface area contributed by atoms with E-state index in [0.29, 0.717) is 42.9 Å². The molecule has 0 unspecified atom stereocenters. The zero-order valence-electron chi connectivity index (χ0n) is 11.1. The van der Waals surface area contributed by atoms with Gasteiger partial charge < -0.3 is 20.1 Å². The number of halogens is 1. The van der Waals surface area contributed by atoms with Crippen LogP contribution in [-0.4, -0.2) is 31.7 Å². The number of nitrogens with one attached hydrogen (secondary N) is 2. The van der Waals surface area contributed by atoms with Gasteiger partial charge in [-0.25, -0.2) is 0 Å². The van der Waals surface area contributed by atoms with Crippen LogP contribution >= 0.6 is 15.9 Å². The summed E-state index contributed by atoms with van der Waals surface area (Å²) < 4.78 is 11.8. The summed E-state index contributed by atoms with van der Waals surface area (Å²) in [6.45, 7) is 1.81. The van der Waals surface area contributed by atoms with E-state index in [9.17, 15) is 4.79 Å². The predicted molar refractivity (Wildman–Crippen MR) is 79.4 cm³/mol. The van der Waals surface area contributed by atoms with E-state index in [4.69, 9.17) is 9.47 Å². The van der Waals surface area contributed by atoms with Gasteiger partial charge in [0.25, 0.3) is 0 Å². The monoisotopic (exact) mass is 340 g/mol. The molecular formula is C14H17BrN2O3. The van der Waals surface area contributed by atoms with Crippen molar-refractivity contribution in [2.24, 2.45) is 0 Å². The smallest absolute Gasteiger partial charge is 0.225 e. The van der Waals surface area contributed by atoms with Crippen LogP contribution in [0.25, 0.3) is 0 Å². The minimum atomic E-state index is -0.00414. The molecule has 1 saturated carbocycles. The summed E-state index contributed by atoms with van der Waals surface area (Å²) >= 11 is 3.44. The van der Waals surface area contributed by atoms with E-state index < -0.39 is 0 Å². The van der Waals surface area contributed by atoms with E-state index in [0.717, 1.165) is 11.0 Å². The van der Waals surface area contributed by atoms with Crippen LogP contribution in [0.3, 0.4) is 0 Å². The fourth-order valence-electron chi connectivity index (χ4n) is 2.05. The van der Waals surface area contributed by atoms with Crippen LogP contribution in [0.4, 0.5) is 5.69 Å². The summed E-state index contributed by atoms with van der Waals surface area (Å²) in [5.74, 6) is 1.37. The maximum Gasteiger partial charge on any atom is 0.225 e. The molecule has 1 fully saturated rings. The molecule has 2 N–H and O–H groups in total. The van der Waals surface area contributed by atoms with E-state index >= 15 is 0 Å². The van der Waals surface area contributed by atoms with Gasteiger partial charge in [-0.1, -0.05) is 0 Å². The first-order chi connectivity index (χ1) is 9.72. The number of fused-ring (bicyclic) bond motifs is 1. The molecule has 0 radical (unpaired) electrons. The van der Waals surface area contributed by atoms with Crippen molar-refractivity contribution in [3.8, 4) is 11.5 Å². The Morgan fingerprint density at radius 3 is 2.65 bits per heavy atom. The lowest BCUT2D eigenvalue weighted by Crippen LogP contribution is -2.23. The lowest BCUT2D eigenvalue weighted by molar-refractivity contribution is -0.116. The number of carbonyl (C=O) groups excluding carboxylic acids is 1. The zero-order valence-corrected chi connectivity index (χ0v) is 12.7. The van der Waals surface area contributed by atoms with E-state index in [2.05, 4.69) is 26.6 Å². The van der Waals surface area contributed by atoms with E-state index in [1.807, 2.05) is 6.07 Å². The first kappa shape index (κ1) is 13.7. The maximum absolute atomic E-state index is 11.9. The molecule has 0 aromatic heterocycles. The van der Waals surface area contributed by atoms with Crippen LogP contribution < -0.4 is 20.1 Å². The van der Waals surface area contributed by atoms with Crippen molar-refractivity contribution >= 4 is 27.5 Å². The molecule has 0 spiro atoms. The highest BCUT2D eigenvalue weighted by Crippen LogP contribution is 2.38. The predicted octanol–water partition coefficient (Wildman–Crippen LogP) is 2.30. The fraction of sp³-hybridized carbons (Fsp3) is 0.500. The van der Waals surface area contributed by atoms with Gasteiger partial charge in [0.1, 0.15) is 13.2 Å². The molecule has 1 heterocycles. The van der Waals surface area contributed by atoms with Crippen molar-refractivity contribution < 1.29 is 14.3 Å². The van der Waals surface area contributed by atoms with Gasteiger partial charge in [-0.3, -0.25) is 4.79 Å². The van der Waals surface area contributed by atoms with Gasteiger partial charge in [-0.2, -0.15) is 0 Å². The second kappa shape index (κ2) is 6.01. The summed E-state index contributed by atoms with van der Waals surface area (Å²) in [6.07, 6.45) is 2.93. The second-order valence-corrected chi connectivity index (χ2v) is 5.86. The molecule has 5 nitrogen and oxygen atoms in total. The summed E-state index contributed by atoms with van der Waals surface area (Å²) in [5, 5.41) is 6.21. The first-order valence-electron chi connectivity index (χ1n) is 6.85. The number of hydrogen-bond donors (Lipinski definition) is 2. The summed E-state index contributed by atoms with van der Waals surface area (Å²) in [5.41, 5.74) is 0.714. The lowest BCUT2D eigenvalue weighted by Gasteiger charge is -2.20. The average Bonchev–Trinajstić information content (AvgIpc) is 3.24. The SMILES string of the molecule is O=C(CCNC1CC1)Nc1cc2c(cc1Br)OCCO2. The molecule has 108 valence electrons. The van der Waals surface area contributed by atoms with Crippen molar-refractivity contribution in [3.05, 3.63) is 16.6 Å². The molecule has 1 aliphatic heterocycles. The third-order valence-electron chi connectivity index (χ3n) is 3.27. The number of carbonyl (C=O) groups is 1. The van der Waals surface area contributed by atoms with Crippen LogP contribution in [0.1, 0.15) is 19.3 Å². The number of anilines is 1. The van der Waals surface area contributed by atoms with E-state index in [1.165, 1.54) is 12.8 Å². The molecule has 0 bridgehead atoms. The third-order valence-corrected chi connectivity index (χ3v) is 3.92. The van der Waals surface area contributed by atoms with Crippen molar-refractivity contribution in [3.63, 3.8) is 0 Å². The maximum atomic E-state index is 11.9. The van der Waals surface area contributed by atoms with Crippen molar-refractivity contribution in [2.75, 3.05) is 25.1 Å². The molecule has 0 atom stereocenters. The molecule has 6 heteroatoms. The topological polar surface area (TPSA) is 59.6 Å². The Morgan fingerprint density at radius 1 is 1.25 bits per heavy atom. The number of hydrogen-bond acceptors (Lipinski definition) is 4. The van der Waals surface area contributed by atoms with Gasteiger partial charge in [-0.05, 0) is 28.8 Å². The molecule has 1 aromatic carbocycles. The normalized spacial score (nSPS) is 16.9. The Kier molecular flexibility index (Phi) is 4.12. The molecular weight excluding hydrogens is 324 g/mol. The van der Waals surface area contributed by atoms with Crippen molar-refractivity contribution in [1.29, 1.82) is 0 Å². The van der Waals surface area contributed by atoms with Gasteiger partial charge in [0.2, 0.25) is 5.91 Å². The van der Waals surface area contributed by atoms with Crippen molar-refractivity contribution in [2.45, 2.75) is 25.3 Å². The summed E-state index contributed by atoms with van der Waals surface area (Å²) in [7, 11) is 0. The molecule has 2 aliphatic rings. The number of amides is 1. The highest BCUT2D eigenvalue weighted by molar-refractivity contribution is 9.10. The minimum absolute atomic E-state index is 0.00414. The van der Waals surface area contributed by atoms with Crippen LogP contribution in [-0.2, 0) is 4.79 Å². The average molecular weight is 341 g/mol. The van der Waals surface area contributed by atoms with Gasteiger partial charge in [-0.15, -0.1) is 0 Å². The largest absolute Gasteiger partial charge is 0.486 e. The Morgan fingerprint density at radius 2 is 1.95 bits per heavy atom. The molecule has 3 rings (SSSR count). The standard InChI is InChI=1S/C14H17BrN2O3/c15-10-7-12-13(20-6-5-19-12)8-11(10)17-14(18)3-4-16-9-1-2-9/h7-9,16H,1-6H2,(H,17,18). The van der Waals surface area contributed by atoms with Crippen LogP contribution in [0.2, 0.25) is 0 Å². The summed E-state index contributed by atoms with van der Waals surface area (Å²) in [4.78, 5) is 11.9. The number of ether oxygens (including phenoxy) is 2. The Balaban J connectivity index is 1.59. The lowest BCUT2D eigenvalue weighted by atomic mass is 10.2. The van der Waals surface area contributed by atoms with Gasteiger partial charge in [0, 0.05) is 35.6 Å². The number of rotatable bonds is 5. The summed E-state index contributed by atoms with van der Waals surface area (Å²) in [6, 6.07) is 4.25. The first-order valence-corrected chi connectivity index (χ1v) is 7.64. The van der Waals surface area contributed by atoms with Crippen LogP contribution in [0.5, 0.6) is 11.5 Å². The molecule has 0 saturated heterocycles. The minimum Gasteiger partial charge on any atom is -0.486 e. The van der Waals surface area contributed by atoms with E-state index in [-0.39, 0.29) is 5.91 Å². The van der Waals surface area contributed by atoms with E-state index in [1.54, 1.807) is 6.07 Å². The highest BCUT2D eigenvalue weighted by atomic mass is 79.9. The van der Waals surface area contributed by atoms with Gasteiger partial charge in [0.15, 0.2) is 11.5 Å². The highest BCUT2D eigenvalue weighted by Gasteiger charge is 2.20. The molecule has 1 amide bonds. The molecule has 1 aliphatic carbocycles. The number of benzene rings is 1. The Bertz CT molecular complexity index is 517. The second-order valence-electron chi connectivity index (χ2n) is 5.00. The van der Waals surface area contributed by atoms with Crippen LogP contribution in [0.15, 0.2) is 16.6 Å². The fourth-order valence-corrected chi connectivity index (χ4v) is 2.47. The quantitative estimate of drug-likeness (QED) is 0.863. The van der Waals surface area contributed by atoms with Gasteiger partial charge in [0.05, 0.1) is 5.69 Å². The molecule has 20 heavy (non-hydrogen) atoms. The zero-order chi connectivity index (χ0) is 13.9. The Hall–Kier alpha value is -1.27. The molecule has 1 aromatic rings. The third kappa shape index (κ3) is 3.43. The van der Waals surface area contributed by atoms with Crippen LogP contribution in [0, 0.1) is 0 Å².